The fourth-order valence-corrected chi connectivity index (χ4v) is 3.37. The fourth-order valence-electron chi connectivity index (χ4n) is 2.57. The molecule has 0 aliphatic carbocycles. The molecule has 130 valence electrons. The van der Waals surface area contributed by atoms with Gasteiger partial charge in [-0.3, -0.25) is 4.55 Å². The molecule has 0 unspecified atom stereocenters. The Morgan fingerprint density at radius 2 is 1.64 bits per heavy atom. The summed E-state index contributed by atoms with van der Waals surface area (Å²) in [5.41, 5.74) is 0.0909. The monoisotopic (exact) mass is 386 g/mol. The number of halogens is 4. The zero-order valence-electron chi connectivity index (χ0n) is 12.4. The first kappa shape index (κ1) is 17.7. The topological polar surface area (TPSA) is 54.4 Å². The molecule has 0 amide bonds. The largest absolute Gasteiger partial charge is 0.416 e. The van der Waals surface area contributed by atoms with Crippen molar-refractivity contribution in [3.05, 3.63) is 65.2 Å². The predicted molar refractivity (Wildman–Crippen MR) is 89.2 cm³/mol. The molecule has 3 aromatic carbocycles. The Morgan fingerprint density at radius 1 is 0.920 bits per heavy atom. The summed E-state index contributed by atoms with van der Waals surface area (Å²) in [5.74, 6) is 0. The Morgan fingerprint density at radius 3 is 2.24 bits per heavy atom. The Kier molecular flexibility index (Phi) is 4.26. The van der Waals surface area contributed by atoms with Gasteiger partial charge in [0.1, 0.15) is 0 Å². The number of rotatable bonds is 2. The first-order chi connectivity index (χ1) is 11.6. The molecule has 0 radical (unpaired) electrons. The van der Waals surface area contributed by atoms with Crippen LogP contribution >= 0.6 is 11.6 Å². The zero-order chi connectivity index (χ0) is 18.4. The van der Waals surface area contributed by atoms with E-state index in [4.69, 9.17) is 16.2 Å². The molecule has 0 aliphatic heterocycles. The second kappa shape index (κ2) is 6.01. The molecule has 8 heteroatoms. The lowest BCUT2D eigenvalue weighted by Crippen LogP contribution is -2.04. The van der Waals surface area contributed by atoms with Crippen LogP contribution in [-0.2, 0) is 16.3 Å². The Balaban J connectivity index is 2.20. The van der Waals surface area contributed by atoms with E-state index in [9.17, 15) is 21.6 Å². The number of hydrogen-bond donors (Lipinski definition) is 1. The van der Waals surface area contributed by atoms with E-state index in [0.717, 1.165) is 12.1 Å². The summed E-state index contributed by atoms with van der Waals surface area (Å²) in [4.78, 5) is -0.268. The van der Waals surface area contributed by atoms with Crippen molar-refractivity contribution < 1.29 is 26.1 Å². The summed E-state index contributed by atoms with van der Waals surface area (Å²) in [6.07, 6.45) is -4.49. The third-order valence-corrected chi connectivity index (χ3v) is 4.90. The van der Waals surface area contributed by atoms with Gasteiger partial charge < -0.3 is 0 Å². The lowest BCUT2D eigenvalue weighted by atomic mass is 9.97. The van der Waals surface area contributed by atoms with E-state index < -0.39 is 21.9 Å². The van der Waals surface area contributed by atoms with Gasteiger partial charge in [0.2, 0.25) is 0 Å². The number of hydrogen-bond acceptors (Lipinski definition) is 2. The van der Waals surface area contributed by atoms with Gasteiger partial charge in [-0.1, -0.05) is 41.9 Å². The first-order valence-electron chi connectivity index (χ1n) is 6.95. The van der Waals surface area contributed by atoms with Gasteiger partial charge in [0.25, 0.3) is 10.1 Å². The minimum Gasteiger partial charge on any atom is -0.282 e. The predicted octanol–water partition coefficient (Wildman–Crippen LogP) is 5.43. The normalized spacial score (nSPS) is 12.5. The van der Waals surface area contributed by atoms with E-state index in [0.29, 0.717) is 21.9 Å². The van der Waals surface area contributed by atoms with Crippen molar-refractivity contribution in [3.63, 3.8) is 0 Å². The third kappa shape index (κ3) is 3.49. The smallest absolute Gasteiger partial charge is 0.282 e. The van der Waals surface area contributed by atoms with Crippen LogP contribution in [0.2, 0.25) is 5.02 Å². The van der Waals surface area contributed by atoms with Crippen LogP contribution in [0, 0.1) is 0 Å². The summed E-state index contributed by atoms with van der Waals surface area (Å²) in [5, 5.41) is 1.03. The molecular formula is C17H10ClF3O3S. The molecule has 3 nitrogen and oxygen atoms in total. The van der Waals surface area contributed by atoms with Gasteiger partial charge in [-0.2, -0.15) is 21.6 Å². The first-order valence-corrected chi connectivity index (χ1v) is 8.76. The van der Waals surface area contributed by atoms with Crippen LogP contribution in [0.1, 0.15) is 5.56 Å². The van der Waals surface area contributed by atoms with Gasteiger partial charge in [-0.05, 0) is 40.6 Å². The van der Waals surface area contributed by atoms with Crippen molar-refractivity contribution in [2.24, 2.45) is 0 Å². The lowest BCUT2D eigenvalue weighted by Gasteiger charge is -2.12. The standard InChI is InChI=1S/C17H10ClF3O3S/c18-16-9-11(17(19,20)21)4-6-15(16)14-3-1-2-10-8-12(25(22,23)24)5-7-13(10)14/h1-9H,(H,22,23,24). The molecule has 0 aliphatic rings. The van der Waals surface area contributed by atoms with Crippen molar-refractivity contribution in [2.45, 2.75) is 11.1 Å². The van der Waals surface area contributed by atoms with Gasteiger partial charge in [-0.15, -0.1) is 0 Å². The highest BCUT2D eigenvalue weighted by molar-refractivity contribution is 7.85. The lowest BCUT2D eigenvalue weighted by molar-refractivity contribution is -0.137. The molecule has 0 bridgehead atoms. The number of benzene rings is 3. The van der Waals surface area contributed by atoms with Crippen LogP contribution in [0.3, 0.4) is 0 Å². The van der Waals surface area contributed by atoms with Crippen LogP contribution < -0.4 is 0 Å². The van der Waals surface area contributed by atoms with Crippen LogP contribution in [0.5, 0.6) is 0 Å². The molecule has 0 saturated carbocycles. The van der Waals surface area contributed by atoms with Crippen molar-refractivity contribution in [1.29, 1.82) is 0 Å². The number of fused-ring (bicyclic) bond motifs is 1. The quantitative estimate of drug-likeness (QED) is 0.598. The average Bonchev–Trinajstić information content (AvgIpc) is 2.52. The average molecular weight is 387 g/mol. The Hall–Kier alpha value is -2.09. The van der Waals surface area contributed by atoms with E-state index >= 15 is 0 Å². The van der Waals surface area contributed by atoms with Crippen LogP contribution in [0.15, 0.2) is 59.5 Å². The second-order valence-corrected chi connectivity index (χ2v) is 7.18. The zero-order valence-corrected chi connectivity index (χ0v) is 14.0. The van der Waals surface area contributed by atoms with Gasteiger partial charge in [0.15, 0.2) is 0 Å². The molecule has 1 N–H and O–H groups in total. The van der Waals surface area contributed by atoms with Crippen LogP contribution in [0.25, 0.3) is 21.9 Å². The van der Waals surface area contributed by atoms with E-state index in [1.165, 1.54) is 24.3 Å². The van der Waals surface area contributed by atoms with Crippen molar-refractivity contribution >= 4 is 32.5 Å². The summed E-state index contributed by atoms with van der Waals surface area (Å²) in [7, 11) is -4.35. The SMILES string of the molecule is O=S(=O)(O)c1ccc2c(-c3ccc(C(F)(F)F)cc3Cl)cccc2c1. The van der Waals surface area contributed by atoms with E-state index in [-0.39, 0.29) is 9.92 Å². The molecular weight excluding hydrogens is 377 g/mol. The maximum atomic E-state index is 12.8. The molecule has 0 atom stereocenters. The summed E-state index contributed by atoms with van der Waals surface area (Å²) >= 11 is 6.04. The van der Waals surface area contributed by atoms with Gasteiger partial charge in [-0.25, -0.2) is 0 Å². The van der Waals surface area contributed by atoms with Crippen molar-refractivity contribution in [1.82, 2.24) is 0 Å². The highest BCUT2D eigenvalue weighted by atomic mass is 35.5. The van der Waals surface area contributed by atoms with Crippen molar-refractivity contribution in [2.75, 3.05) is 0 Å². The molecule has 3 aromatic rings. The molecule has 0 heterocycles. The summed E-state index contributed by atoms with van der Waals surface area (Å²) in [6, 6.07) is 12.0. The Bertz CT molecular complexity index is 1080. The highest BCUT2D eigenvalue weighted by Gasteiger charge is 2.31. The minimum absolute atomic E-state index is 0.0684. The minimum atomic E-state index is -4.49. The molecule has 0 aromatic heterocycles. The maximum Gasteiger partial charge on any atom is 0.416 e. The molecule has 0 saturated heterocycles. The van der Waals surface area contributed by atoms with E-state index in [1.807, 2.05) is 0 Å². The van der Waals surface area contributed by atoms with Crippen molar-refractivity contribution in [3.8, 4) is 11.1 Å². The van der Waals surface area contributed by atoms with Crippen LogP contribution in [0.4, 0.5) is 13.2 Å². The molecule has 0 spiro atoms. The molecule has 3 rings (SSSR count). The third-order valence-electron chi connectivity index (χ3n) is 3.74. The molecule has 0 fully saturated rings. The summed E-state index contributed by atoms with van der Waals surface area (Å²) in [6.45, 7) is 0. The number of alkyl halides is 3. The maximum absolute atomic E-state index is 12.8. The van der Waals surface area contributed by atoms with Crippen LogP contribution in [-0.4, -0.2) is 13.0 Å². The Labute approximate surface area is 146 Å². The highest BCUT2D eigenvalue weighted by Crippen LogP contribution is 2.38. The van der Waals surface area contributed by atoms with Gasteiger partial charge in [0.05, 0.1) is 10.5 Å². The van der Waals surface area contributed by atoms with E-state index in [2.05, 4.69) is 0 Å². The fraction of sp³-hybridized carbons (Fsp3) is 0.0588. The van der Waals surface area contributed by atoms with Gasteiger partial charge in [0, 0.05) is 10.6 Å². The van der Waals surface area contributed by atoms with Gasteiger partial charge >= 0.3 is 6.18 Å². The van der Waals surface area contributed by atoms with E-state index in [1.54, 1.807) is 18.2 Å². The molecule has 25 heavy (non-hydrogen) atoms. The second-order valence-electron chi connectivity index (χ2n) is 5.36. The summed E-state index contributed by atoms with van der Waals surface area (Å²) < 4.78 is 69.9.